The summed E-state index contributed by atoms with van der Waals surface area (Å²) in [7, 11) is -3.14. The summed E-state index contributed by atoms with van der Waals surface area (Å²) in [6.45, 7) is 7.46. The van der Waals surface area contributed by atoms with Crippen LogP contribution in [0.15, 0.2) is 30.3 Å². The van der Waals surface area contributed by atoms with E-state index in [0.29, 0.717) is 36.3 Å². The van der Waals surface area contributed by atoms with Gasteiger partial charge in [-0.1, -0.05) is 37.3 Å². The molecule has 9 heteroatoms. The highest BCUT2D eigenvalue weighted by Crippen LogP contribution is 2.22. The van der Waals surface area contributed by atoms with E-state index in [-0.39, 0.29) is 29.5 Å². The number of hydrogen-bond acceptors (Lipinski definition) is 6. The first-order valence-electron chi connectivity index (χ1n) is 10.9. The van der Waals surface area contributed by atoms with E-state index in [1.165, 1.54) is 0 Å². The lowest BCUT2D eigenvalue weighted by Gasteiger charge is -2.33. The minimum Gasteiger partial charge on any atom is -0.452 e. The maximum absolute atomic E-state index is 12.9. The molecule has 1 fully saturated rings. The molecular formula is C23H31N3O5S. The summed E-state index contributed by atoms with van der Waals surface area (Å²) in [5.74, 6) is -0.935. The predicted molar refractivity (Wildman–Crippen MR) is 121 cm³/mol. The second-order valence-electron chi connectivity index (χ2n) is 8.38. The van der Waals surface area contributed by atoms with Crippen LogP contribution in [-0.4, -0.2) is 65.2 Å². The monoisotopic (exact) mass is 461 g/mol. The first kappa shape index (κ1) is 24.0. The van der Waals surface area contributed by atoms with Gasteiger partial charge in [-0.05, 0) is 39.2 Å². The van der Waals surface area contributed by atoms with Crippen LogP contribution in [0.25, 0.3) is 0 Å². The third-order valence-electron chi connectivity index (χ3n) is 6.04. The van der Waals surface area contributed by atoms with Crippen LogP contribution >= 0.6 is 0 Å². The fraction of sp³-hybridized carbons (Fsp3) is 0.522. The van der Waals surface area contributed by atoms with Crippen molar-refractivity contribution in [3.8, 4) is 0 Å². The number of carbonyl (C=O) groups is 2. The summed E-state index contributed by atoms with van der Waals surface area (Å²) >= 11 is 0. The van der Waals surface area contributed by atoms with Gasteiger partial charge in [0, 0.05) is 12.1 Å². The number of esters is 1. The van der Waals surface area contributed by atoms with Crippen LogP contribution in [0.4, 0.5) is 0 Å². The number of aryl methyl sites for hydroxylation is 1. The van der Waals surface area contributed by atoms with Gasteiger partial charge in [-0.2, -0.15) is 5.10 Å². The fourth-order valence-electron chi connectivity index (χ4n) is 4.18. The Hall–Kier alpha value is -2.68. The molecule has 1 aliphatic rings. The molecule has 1 amide bonds. The second kappa shape index (κ2) is 9.85. The summed E-state index contributed by atoms with van der Waals surface area (Å²) in [6, 6.07) is 9.28. The molecule has 0 spiro atoms. The molecule has 2 atom stereocenters. The molecule has 1 aromatic carbocycles. The fourth-order valence-corrected chi connectivity index (χ4v) is 5.89. The molecule has 0 bridgehead atoms. The number of carbonyl (C=O) groups excluding carboxylic acids is 2. The van der Waals surface area contributed by atoms with Crippen molar-refractivity contribution in [1.82, 2.24) is 14.7 Å². The Labute approximate surface area is 189 Å². The van der Waals surface area contributed by atoms with Crippen molar-refractivity contribution < 1.29 is 22.7 Å². The summed E-state index contributed by atoms with van der Waals surface area (Å²) in [4.78, 5) is 27.3. The van der Waals surface area contributed by atoms with Crippen molar-refractivity contribution in [2.24, 2.45) is 0 Å². The molecule has 1 aromatic heterocycles. The van der Waals surface area contributed by atoms with E-state index >= 15 is 0 Å². The highest BCUT2D eigenvalue weighted by atomic mass is 32.2. The number of nitrogens with zero attached hydrogens (tertiary/aromatic N) is 3. The van der Waals surface area contributed by atoms with Gasteiger partial charge in [0.25, 0.3) is 5.91 Å². The Bertz CT molecular complexity index is 1080. The number of aromatic nitrogens is 2. The molecule has 8 nitrogen and oxygen atoms in total. The third-order valence-corrected chi connectivity index (χ3v) is 7.79. The van der Waals surface area contributed by atoms with Crippen molar-refractivity contribution in [1.29, 1.82) is 0 Å². The Morgan fingerprint density at radius 3 is 2.53 bits per heavy atom. The molecule has 174 valence electrons. The van der Waals surface area contributed by atoms with Gasteiger partial charge in [-0.15, -0.1) is 0 Å². The van der Waals surface area contributed by atoms with Gasteiger partial charge in [-0.25, -0.2) is 13.2 Å². The summed E-state index contributed by atoms with van der Waals surface area (Å²) in [5, 5.41) is 4.46. The van der Waals surface area contributed by atoms with Crippen molar-refractivity contribution >= 4 is 21.7 Å². The van der Waals surface area contributed by atoms with E-state index < -0.39 is 22.4 Å². The number of sulfone groups is 1. The maximum Gasteiger partial charge on any atom is 0.342 e. The molecule has 0 radical (unpaired) electrons. The van der Waals surface area contributed by atoms with E-state index in [4.69, 9.17) is 4.74 Å². The Kier molecular flexibility index (Phi) is 7.38. The van der Waals surface area contributed by atoms with Crippen LogP contribution in [0.2, 0.25) is 0 Å². The average Bonchev–Trinajstić information content (AvgIpc) is 3.24. The van der Waals surface area contributed by atoms with E-state index in [0.717, 1.165) is 5.56 Å². The van der Waals surface area contributed by atoms with Crippen LogP contribution in [0, 0.1) is 13.8 Å². The molecule has 1 saturated heterocycles. The average molecular weight is 462 g/mol. The van der Waals surface area contributed by atoms with E-state index in [2.05, 4.69) is 5.10 Å². The quantitative estimate of drug-likeness (QED) is 0.560. The van der Waals surface area contributed by atoms with Gasteiger partial charge in [-0.3, -0.25) is 9.48 Å². The lowest BCUT2D eigenvalue weighted by atomic mass is 10.1. The smallest absolute Gasteiger partial charge is 0.342 e. The first-order chi connectivity index (χ1) is 15.1. The van der Waals surface area contributed by atoms with Gasteiger partial charge in [0.15, 0.2) is 16.4 Å². The first-order valence-corrected chi connectivity index (χ1v) is 12.7. The minimum absolute atomic E-state index is 0.0402. The van der Waals surface area contributed by atoms with Gasteiger partial charge < -0.3 is 9.64 Å². The Morgan fingerprint density at radius 1 is 1.25 bits per heavy atom. The Balaban J connectivity index is 1.69. The van der Waals surface area contributed by atoms with Gasteiger partial charge >= 0.3 is 5.97 Å². The topological polar surface area (TPSA) is 98.6 Å². The SMILES string of the molecule is CC[C@H](C)N(C(=O)COC(=O)c1c(C)nn(Cc2ccccc2)c1C)[C@@H]1CCS(=O)(=O)C1. The number of benzene rings is 1. The predicted octanol–water partition coefficient (Wildman–Crippen LogP) is 2.52. The number of amides is 1. The van der Waals surface area contributed by atoms with Crippen LogP contribution in [0.3, 0.4) is 0 Å². The van der Waals surface area contributed by atoms with E-state index in [9.17, 15) is 18.0 Å². The molecule has 1 aliphatic heterocycles. The van der Waals surface area contributed by atoms with Crippen LogP contribution < -0.4 is 0 Å². The van der Waals surface area contributed by atoms with E-state index in [1.807, 2.05) is 44.2 Å². The van der Waals surface area contributed by atoms with Crippen LogP contribution in [0.1, 0.15) is 54.0 Å². The van der Waals surface area contributed by atoms with Crippen molar-refractivity contribution in [2.45, 2.75) is 59.2 Å². The van der Waals surface area contributed by atoms with Gasteiger partial charge in [0.1, 0.15) is 5.56 Å². The molecule has 0 N–H and O–H groups in total. The van der Waals surface area contributed by atoms with E-state index in [1.54, 1.807) is 23.4 Å². The standard InChI is InChI=1S/C23H31N3O5S/c1-5-16(2)26(20-11-12-32(29,30)15-20)21(27)14-31-23(28)22-17(3)24-25(18(22)4)13-19-9-7-6-8-10-19/h6-10,16,20H,5,11-15H2,1-4H3/t16-,20+/m0/s1. The number of ether oxygens (including phenoxy) is 1. The van der Waals surface area contributed by atoms with Crippen molar-refractivity contribution in [3.05, 3.63) is 52.8 Å². The summed E-state index contributed by atoms with van der Waals surface area (Å²) < 4.78 is 30.9. The third kappa shape index (κ3) is 5.38. The summed E-state index contributed by atoms with van der Waals surface area (Å²) in [5.41, 5.74) is 2.62. The number of rotatable bonds is 8. The normalized spacial score (nSPS) is 18.3. The molecule has 2 heterocycles. The van der Waals surface area contributed by atoms with Crippen molar-refractivity contribution in [3.63, 3.8) is 0 Å². The lowest BCUT2D eigenvalue weighted by Crippen LogP contribution is -2.48. The zero-order chi connectivity index (χ0) is 23.5. The van der Waals surface area contributed by atoms with Crippen LogP contribution in [0.5, 0.6) is 0 Å². The zero-order valence-electron chi connectivity index (χ0n) is 19.1. The lowest BCUT2D eigenvalue weighted by molar-refractivity contribution is -0.138. The second-order valence-corrected chi connectivity index (χ2v) is 10.6. The Morgan fingerprint density at radius 2 is 1.94 bits per heavy atom. The summed E-state index contributed by atoms with van der Waals surface area (Å²) in [6.07, 6.45) is 1.09. The molecule has 0 aliphatic carbocycles. The van der Waals surface area contributed by atoms with Crippen LogP contribution in [-0.2, 0) is 25.9 Å². The molecular weight excluding hydrogens is 430 g/mol. The maximum atomic E-state index is 12.9. The minimum atomic E-state index is -3.14. The van der Waals surface area contributed by atoms with Gasteiger partial charge in [0.2, 0.25) is 0 Å². The van der Waals surface area contributed by atoms with Gasteiger partial charge in [0.05, 0.1) is 29.4 Å². The highest BCUT2D eigenvalue weighted by Gasteiger charge is 2.37. The molecule has 0 unspecified atom stereocenters. The molecule has 2 aromatic rings. The number of hydrogen-bond donors (Lipinski definition) is 0. The van der Waals surface area contributed by atoms with Crippen molar-refractivity contribution in [2.75, 3.05) is 18.1 Å². The molecule has 32 heavy (non-hydrogen) atoms. The molecule has 3 rings (SSSR count). The molecule has 0 saturated carbocycles. The highest BCUT2D eigenvalue weighted by molar-refractivity contribution is 7.91. The largest absolute Gasteiger partial charge is 0.452 e. The zero-order valence-corrected chi connectivity index (χ0v) is 19.9.